The third-order valence-corrected chi connectivity index (χ3v) is 6.32. The lowest BCUT2D eigenvalue weighted by molar-refractivity contribution is 0.0701. The molecule has 3 heterocycles. The third-order valence-electron chi connectivity index (χ3n) is 6.32. The van der Waals surface area contributed by atoms with Crippen molar-refractivity contribution in [2.45, 2.75) is 39.8 Å². The molecule has 1 aliphatic rings. The van der Waals surface area contributed by atoms with E-state index >= 15 is 0 Å². The van der Waals surface area contributed by atoms with Crippen molar-refractivity contribution in [3.63, 3.8) is 0 Å². The van der Waals surface area contributed by atoms with E-state index in [-0.39, 0.29) is 23.6 Å². The number of carbonyl (C=O) groups excluding carboxylic acids is 1. The van der Waals surface area contributed by atoms with Crippen molar-refractivity contribution in [1.82, 2.24) is 4.90 Å². The highest BCUT2D eigenvalue weighted by Crippen LogP contribution is 2.41. The van der Waals surface area contributed by atoms with E-state index in [0.717, 1.165) is 12.0 Å². The van der Waals surface area contributed by atoms with Crippen LogP contribution in [0.15, 0.2) is 74.5 Å². The van der Waals surface area contributed by atoms with Crippen molar-refractivity contribution in [3.8, 4) is 11.5 Å². The standard InChI is InChI=1S/C29H29NO6/c1-4-33-24-16-19(11-12-23(24)35-15-13-18(2)3)26-25-27(31)21-9-5-6-10-22(21)36-28(25)29(32)30(26)17-20-8-7-14-34-20/h5-12,14,16,18,26H,4,13,15,17H2,1-3H3. The van der Waals surface area contributed by atoms with Gasteiger partial charge in [0, 0.05) is 0 Å². The van der Waals surface area contributed by atoms with Crippen LogP contribution in [0.5, 0.6) is 11.5 Å². The minimum absolute atomic E-state index is 0.0606. The molecule has 0 fully saturated rings. The van der Waals surface area contributed by atoms with E-state index < -0.39 is 6.04 Å². The average molecular weight is 488 g/mol. The number of fused-ring (bicyclic) bond motifs is 2. The van der Waals surface area contributed by atoms with Gasteiger partial charge in [0.2, 0.25) is 5.76 Å². The first-order valence-electron chi connectivity index (χ1n) is 12.3. The fraction of sp³-hybridized carbons (Fsp3) is 0.310. The van der Waals surface area contributed by atoms with Crippen molar-refractivity contribution in [1.29, 1.82) is 0 Å². The molecular weight excluding hydrogens is 458 g/mol. The summed E-state index contributed by atoms with van der Waals surface area (Å²) in [6.45, 7) is 7.41. The molecule has 7 nitrogen and oxygen atoms in total. The highest BCUT2D eigenvalue weighted by atomic mass is 16.5. The molecule has 186 valence electrons. The smallest absolute Gasteiger partial charge is 0.291 e. The zero-order valence-corrected chi connectivity index (χ0v) is 20.7. The fourth-order valence-electron chi connectivity index (χ4n) is 4.53. The van der Waals surface area contributed by atoms with Crippen LogP contribution < -0.4 is 14.9 Å². The van der Waals surface area contributed by atoms with Gasteiger partial charge in [0.1, 0.15) is 11.3 Å². The second kappa shape index (κ2) is 9.93. The van der Waals surface area contributed by atoms with Gasteiger partial charge in [-0.2, -0.15) is 0 Å². The molecule has 0 bridgehead atoms. The van der Waals surface area contributed by atoms with Crippen LogP contribution in [0.25, 0.3) is 11.0 Å². The van der Waals surface area contributed by atoms with Crippen LogP contribution in [0, 0.1) is 5.92 Å². The number of furan rings is 1. The summed E-state index contributed by atoms with van der Waals surface area (Å²) in [6, 6.07) is 15.5. The van der Waals surface area contributed by atoms with Gasteiger partial charge in [-0.25, -0.2) is 0 Å². The van der Waals surface area contributed by atoms with E-state index in [0.29, 0.717) is 52.9 Å². The van der Waals surface area contributed by atoms with Gasteiger partial charge in [0.05, 0.1) is 43.0 Å². The van der Waals surface area contributed by atoms with Gasteiger partial charge in [-0.15, -0.1) is 0 Å². The molecule has 0 radical (unpaired) electrons. The van der Waals surface area contributed by atoms with Crippen molar-refractivity contribution < 1.29 is 23.1 Å². The van der Waals surface area contributed by atoms with Gasteiger partial charge in [0.25, 0.3) is 5.91 Å². The lowest BCUT2D eigenvalue weighted by Gasteiger charge is -2.25. The number of ether oxygens (including phenoxy) is 2. The summed E-state index contributed by atoms with van der Waals surface area (Å²) >= 11 is 0. The maximum atomic E-state index is 13.7. The number of amides is 1. The van der Waals surface area contributed by atoms with Crippen LogP contribution in [0.1, 0.15) is 60.7 Å². The summed E-state index contributed by atoms with van der Waals surface area (Å²) in [5.41, 5.74) is 1.22. The lowest BCUT2D eigenvalue weighted by atomic mass is 9.98. The predicted octanol–water partition coefficient (Wildman–Crippen LogP) is 5.96. The monoisotopic (exact) mass is 487 g/mol. The fourth-order valence-corrected chi connectivity index (χ4v) is 4.53. The quantitative estimate of drug-likeness (QED) is 0.290. The number of para-hydroxylation sites is 1. The Hall–Kier alpha value is -4.00. The Kier molecular flexibility index (Phi) is 6.55. The molecule has 36 heavy (non-hydrogen) atoms. The van der Waals surface area contributed by atoms with Gasteiger partial charge < -0.3 is 23.2 Å². The van der Waals surface area contributed by atoms with Gasteiger partial charge in [-0.1, -0.05) is 32.0 Å². The summed E-state index contributed by atoms with van der Waals surface area (Å²) in [4.78, 5) is 28.9. The van der Waals surface area contributed by atoms with Crippen LogP contribution in [0.3, 0.4) is 0 Å². The van der Waals surface area contributed by atoms with E-state index in [9.17, 15) is 9.59 Å². The van der Waals surface area contributed by atoms with E-state index in [1.165, 1.54) is 0 Å². The zero-order chi connectivity index (χ0) is 25.2. The van der Waals surface area contributed by atoms with Crippen molar-refractivity contribution in [3.05, 3.63) is 93.7 Å². The molecule has 2 aromatic heterocycles. The number of benzene rings is 2. The molecule has 1 unspecified atom stereocenters. The molecule has 0 saturated heterocycles. The first-order valence-corrected chi connectivity index (χ1v) is 12.3. The second-order valence-electron chi connectivity index (χ2n) is 9.26. The zero-order valence-electron chi connectivity index (χ0n) is 20.7. The maximum absolute atomic E-state index is 13.7. The molecule has 2 aromatic carbocycles. The number of hydrogen-bond donors (Lipinski definition) is 0. The lowest BCUT2D eigenvalue weighted by Crippen LogP contribution is -2.29. The molecule has 1 aliphatic heterocycles. The maximum Gasteiger partial charge on any atom is 0.291 e. The molecular formula is C29H29NO6. The molecule has 5 rings (SSSR count). The molecule has 4 aromatic rings. The minimum atomic E-state index is -0.664. The van der Waals surface area contributed by atoms with Crippen LogP contribution in [0.4, 0.5) is 0 Å². The van der Waals surface area contributed by atoms with Crippen LogP contribution in [-0.4, -0.2) is 24.0 Å². The molecule has 0 N–H and O–H groups in total. The highest BCUT2D eigenvalue weighted by molar-refractivity contribution is 5.99. The van der Waals surface area contributed by atoms with E-state index in [1.807, 2.05) is 25.1 Å². The summed E-state index contributed by atoms with van der Waals surface area (Å²) < 4.78 is 23.4. The minimum Gasteiger partial charge on any atom is -0.490 e. The average Bonchev–Trinajstić information content (AvgIpc) is 3.47. The number of hydrogen-bond acceptors (Lipinski definition) is 6. The molecule has 0 saturated carbocycles. The first-order chi connectivity index (χ1) is 17.5. The van der Waals surface area contributed by atoms with Gasteiger partial charge >= 0.3 is 0 Å². The number of carbonyl (C=O) groups is 1. The van der Waals surface area contributed by atoms with E-state index in [4.69, 9.17) is 18.3 Å². The molecule has 7 heteroatoms. The topological polar surface area (TPSA) is 82.1 Å². The summed E-state index contributed by atoms with van der Waals surface area (Å²) in [5, 5.41) is 0.438. The Bertz CT molecular complexity index is 1440. The molecule has 1 amide bonds. The Balaban J connectivity index is 1.62. The number of nitrogens with zero attached hydrogens (tertiary/aromatic N) is 1. The predicted molar refractivity (Wildman–Crippen MR) is 135 cm³/mol. The van der Waals surface area contributed by atoms with E-state index in [1.54, 1.807) is 47.6 Å². The largest absolute Gasteiger partial charge is 0.490 e. The Morgan fingerprint density at radius 3 is 2.58 bits per heavy atom. The van der Waals surface area contributed by atoms with Crippen LogP contribution >= 0.6 is 0 Å². The first kappa shape index (κ1) is 23.7. The third kappa shape index (κ3) is 4.37. The van der Waals surface area contributed by atoms with Crippen LogP contribution in [-0.2, 0) is 6.54 Å². The SMILES string of the molecule is CCOc1cc(C2c3c(oc4ccccc4c3=O)C(=O)N2Cc2ccco2)ccc1OCCC(C)C. The normalized spacial score (nSPS) is 15.1. The van der Waals surface area contributed by atoms with Gasteiger partial charge in [-0.05, 0) is 61.2 Å². The Morgan fingerprint density at radius 1 is 1.00 bits per heavy atom. The Labute approximate surface area is 209 Å². The highest BCUT2D eigenvalue weighted by Gasteiger charge is 2.43. The number of rotatable bonds is 9. The molecule has 0 aliphatic carbocycles. The summed E-state index contributed by atoms with van der Waals surface area (Å²) in [5.74, 6) is 2.04. The molecule has 1 atom stereocenters. The van der Waals surface area contributed by atoms with Gasteiger partial charge in [-0.3, -0.25) is 9.59 Å². The Morgan fingerprint density at radius 2 is 1.83 bits per heavy atom. The second-order valence-corrected chi connectivity index (χ2v) is 9.26. The molecule has 0 spiro atoms. The van der Waals surface area contributed by atoms with Crippen molar-refractivity contribution in [2.24, 2.45) is 5.92 Å². The van der Waals surface area contributed by atoms with E-state index in [2.05, 4.69) is 13.8 Å². The van der Waals surface area contributed by atoms with Crippen molar-refractivity contribution in [2.75, 3.05) is 13.2 Å². The van der Waals surface area contributed by atoms with Crippen molar-refractivity contribution >= 4 is 16.9 Å². The summed E-state index contributed by atoms with van der Waals surface area (Å²) in [6.07, 6.45) is 2.48. The van der Waals surface area contributed by atoms with Gasteiger partial charge in [0.15, 0.2) is 16.9 Å². The van der Waals surface area contributed by atoms with Crippen LogP contribution in [0.2, 0.25) is 0 Å². The summed E-state index contributed by atoms with van der Waals surface area (Å²) in [7, 11) is 0.